The number of rotatable bonds is 4. The standard InChI is InChI=1S/C21H29N5O2S/c1-17-3-5-19(6-4-17)29(27,28)26-15-13-25(14-16-26)21-8-7-20(22-23-21)24-11-9-18(2)10-12-24/h3-8,18H,9-16H2,1-2H3. The number of sulfonamides is 1. The van der Waals surface area contributed by atoms with Crippen LogP contribution in [-0.2, 0) is 10.0 Å². The fourth-order valence-electron chi connectivity index (χ4n) is 3.91. The van der Waals surface area contributed by atoms with Crippen LogP contribution in [0.2, 0.25) is 0 Å². The number of hydrogen-bond donors (Lipinski definition) is 0. The Bertz CT molecular complexity index is 915. The van der Waals surface area contributed by atoms with E-state index in [1.807, 2.05) is 31.2 Å². The van der Waals surface area contributed by atoms with Crippen LogP contribution in [0.1, 0.15) is 25.3 Å². The highest BCUT2D eigenvalue weighted by Crippen LogP contribution is 2.23. The molecule has 2 saturated heterocycles. The lowest BCUT2D eigenvalue weighted by molar-refractivity contribution is 0.383. The van der Waals surface area contributed by atoms with Crippen molar-refractivity contribution in [2.24, 2.45) is 5.92 Å². The molecule has 0 bridgehead atoms. The first-order valence-electron chi connectivity index (χ1n) is 10.3. The molecule has 2 fully saturated rings. The van der Waals surface area contributed by atoms with Gasteiger partial charge in [0.1, 0.15) is 0 Å². The lowest BCUT2D eigenvalue weighted by Crippen LogP contribution is -2.49. The van der Waals surface area contributed by atoms with E-state index in [2.05, 4.69) is 26.9 Å². The fraction of sp³-hybridized carbons (Fsp3) is 0.524. The predicted octanol–water partition coefficient (Wildman–Crippen LogP) is 2.53. The molecule has 1 aromatic carbocycles. The second-order valence-corrected chi connectivity index (χ2v) is 10.1. The van der Waals surface area contributed by atoms with Crippen LogP contribution in [-0.4, -0.2) is 62.2 Å². The highest BCUT2D eigenvalue weighted by molar-refractivity contribution is 7.89. The molecule has 0 atom stereocenters. The third-order valence-electron chi connectivity index (χ3n) is 5.97. The van der Waals surface area contributed by atoms with E-state index in [0.717, 1.165) is 36.2 Å². The molecule has 2 aliphatic heterocycles. The van der Waals surface area contributed by atoms with Gasteiger partial charge < -0.3 is 9.80 Å². The summed E-state index contributed by atoms with van der Waals surface area (Å²) in [5, 5.41) is 8.85. The largest absolute Gasteiger partial charge is 0.355 e. The minimum absolute atomic E-state index is 0.358. The van der Waals surface area contributed by atoms with Gasteiger partial charge in [-0.25, -0.2) is 8.42 Å². The van der Waals surface area contributed by atoms with E-state index >= 15 is 0 Å². The van der Waals surface area contributed by atoms with Crippen LogP contribution >= 0.6 is 0 Å². The SMILES string of the molecule is Cc1ccc(S(=O)(=O)N2CCN(c3ccc(N4CCC(C)CC4)nn3)CC2)cc1. The summed E-state index contributed by atoms with van der Waals surface area (Å²) in [5.41, 5.74) is 1.05. The predicted molar refractivity (Wildman–Crippen MR) is 115 cm³/mol. The number of anilines is 2. The topological polar surface area (TPSA) is 69.6 Å². The van der Waals surface area contributed by atoms with Crippen molar-refractivity contribution >= 4 is 21.7 Å². The van der Waals surface area contributed by atoms with Crippen molar-refractivity contribution in [2.75, 3.05) is 49.1 Å². The number of aryl methyl sites for hydroxylation is 1. The number of piperazine rings is 1. The molecule has 7 nitrogen and oxygen atoms in total. The highest BCUT2D eigenvalue weighted by Gasteiger charge is 2.29. The summed E-state index contributed by atoms with van der Waals surface area (Å²) < 4.78 is 27.3. The summed E-state index contributed by atoms with van der Waals surface area (Å²) in [7, 11) is -3.45. The van der Waals surface area contributed by atoms with E-state index in [0.29, 0.717) is 31.1 Å². The molecule has 29 heavy (non-hydrogen) atoms. The second-order valence-electron chi connectivity index (χ2n) is 8.12. The molecule has 8 heteroatoms. The van der Waals surface area contributed by atoms with E-state index in [4.69, 9.17) is 0 Å². The second kappa shape index (κ2) is 8.28. The van der Waals surface area contributed by atoms with Crippen LogP contribution in [0.25, 0.3) is 0 Å². The average molecular weight is 416 g/mol. The highest BCUT2D eigenvalue weighted by atomic mass is 32.2. The molecule has 2 aliphatic rings. The van der Waals surface area contributed by atoms with Crippen molar-refractivity contribution in [3.05, 3.63) is 42.0 Å². The Morgan fingerprint density at radius 1 is 0.793 bits per heavy atom. The van der Waals surface area contributed by atoms with Crippen LogP contribution in [0, 0.1) is 12.8 Å². The zero-order valence-corrected chi connectivity index (χ0v) is 18.0. The van der Waals surface area contributed by atoms with Gasteiger partial charge in [0, 0.05) is 39.3 Å². The summed E-state index contributed by atoms with van der Waals surface area (Å²) in [4.78, 5) is 4.76. The molecule has 2 aromatic rings. The van der Waals surface area contributed by atoms with Crippen molar-refractivity contribution in [3.63, 3.8) is 0 Å². The Labute approximate surface area is 173 Å². The minimum atomic E-state index is -3.45. The maximum atomic E-state index is 12.9. The Morgan fingerprint density at radius 2 is 1.31 bits per heavy atom. The Balaban J connectivity index is 1.37. The first-order chi connectivity index (χ1) is 13.9. The van der Waals surface area contributed by atoms with Gasteiger partial charge >= 0.3 is 0 Å². The quantitative estimate of drug-likeness (QED) is 0.764. The fourth-order valence-corrected chi connectivity index (χ4v) is 5.33. The van der Waals surface area contributed by atoms with Crippen LogP contribution in [0.3, 0.4) is 0 Å². The molecule has 156 valence electrons. The van der Waals surface area contributed by atoms with Gasteiger partial charge in [0.25, 0.3) is 0 Å². The lowest BCUT2D eigenvalue weighted by Gasteiger charge is -2.35. The van der Waals surface area contributed by atoms with Crippen LogP contribution in [0.15, 0.2) is 41.3 Å². The molecule has 0 amide bonds. The van der Waals surface area contributed by atoms with Crippen molar-refractivity contribution in [1.82, 2.24) is 14.5 Å². The van der Waals surface area contributed by atoms with Crippen molar-refractivity contribution in [3.8, 4) is 0 Å². The van der Waals surface area contributed by atoms with Crippen LogP contribution < -0.4 is 9.80 Å². The van der Waals surface area contributed by atoms with Crippen molar-refractivity contribution in [1.29, 1.82) is 0 Å². The maximum Gasteiger partial charge on any atom is 0.243 e. The summed E-state index contributed by atoms with van der Waals surface area (Å²) in [6, 6.07) is 11.1. The van der Waals surface area contributed by atoms with E-state index in [-0.39, 0.29) is 0 Å². The first-order valence-corrected chi connectivity index (χ1v) is 11.8. The third kappa shape index (κ3) is 4.38. The molecular formula is C21H29N5O2S. The first kappa shape index (κ1) is 20.1. The van der Waals surface area contributed by atoms with Crippen molar-refractivity contribution < 1.29 is 8.42 Å². The number of nitrogens with zero attached hydrogens (tertiary/aromatic N) is 5. The van der Waals surface area contributed by atoms with E-state index < -0.39 is 10.0 Å². The summed E-state index contributed by atoms with van der Waals surface area (Å²) in [6.45, 7) is 8.43. The molecule has 4 rings (SSSR count). The molecule has 0 unspecified atom stereocenters. The normalized spacial score (nSPS) is 19.5. The van der Waals surface area contributed by atoms with Gasteiger partial charge in [-0.15, -0.1) is 10.2 Å². The average Bonchev–Trinajstić information content (AvgIpc) is 2.75. The maximum absolute atomic E-state index is 12.9. The van der Waals surface area contributed by atoms with Gasteiger partial charge in [0.2, 0.25) is 10.0 Å². The Morgan fingerprint density at radius 3 is 1.83 bits per heavy atom. The molecule has 0 N–H and O–H groups in total. The van der Waals surface area contributed by atoms with E-state index in [1.54, 1.807) is 16.4 Å². The third-order valence-corrected chi connectivity index (χ3v) is 7.88. The summed E-state index contributed by atoms with van der Waals surface area (Å²) in [5.74, 6) is 2.53. The van der Waals surface area contributed by atoms with E-state index in [9.17, 15) is 8.42 Å². The number of aromatic nitrogens is 2. The van der Waals surface area contributed by atoms with Gasteiger partial charge in [0.15, 0.2) is 11.6 Å². The molecular weight excluding hydrogens is 386 g/mol. The number of piperidine rings is 1. The Hall–Kier alpha value is -2.19. The smallest absolute Gasteiger partial charge is 0.243 e. The van der Waals surface area contributed by atoms with Gasteiger partial charge in [-0.3, -0.25) is 0 Å². The number of benzene rings is 1. The van der Waals surface area contributed by atoms with Gasteiger partial charge in [0.05, 0.1) is 4.90 Å². The van der Waals surface area contributed by atoms with Gasteiger partial charge in [-0.1, -0.05) is 24.6 Å². The summed E-state index contributed by atoms with van der Waals surface area (Å²) >= 11 is 0. The van der Waals surface area contributed by atoms with Crippen LogP contribution in [0.4, 0.5) is 11.6 Å². The minimum Gasteiger partial charge on any atom is -0.355 e. The molecule has 1 aromatic heterocycles. The summed E-state index contributed by atoms with van der Waals surface area (Å²) in [6.07, 6.45) is 2.39. The van der Waals surface area contributed by atoms with E-state index in [1.165, 1.54) is 12.8 Å². The zero-order chi connectivity index (χ0) is 20.4. The lowest BCUT2D eigenvalue weighted by atomic mass is 9.99. The molecule has 0 aliphatic carbocycles. The Kier molecular flexibility index (Phi) is 5.74. The molecule has 0 spiro atoms. The molecule has 0 saturated carbocycles. The molecule has 3 heterocycles. The van der Waals surface area contributed by atoms with Gasteiger partial charge in [-0.05, 0) is 49.9 Å². The van der Waals surface area contributed by atoms with Gasteiger partial charge in [-0.2, -0.15) is 4.31 Å². The molecule has 0 radical (unpaired) electrons. The van der Waals surface area contributed by atoms with Crippen molar-refractivity contribution in [2.45, 2.75) is 31.6 Å². The zero-order valence-electron chi connectivity index (χ0n) is 17.2. The number of hydrogen-bond acceptors (Lipinski definition) is 6. The van der Waals surface area contributed by atoms with Crippen LogP contribution in [0.5, 0.6) is 0 Å². The monoisotopic (exact) mass is 415 g/mol.